The molecule has 1 amide bonds. The third-order valence-electron chi connectivity index (χ3n) is 3.28. The maximum atomic E-state index is 11.8. The molecule has 0 radical (unpaired) electrons. The lowest BCUT2D eigenvalue weighted by atomic mass is 10.0. The standard InChI is InChI=1S/C12H20N4OS/c1-9(2)12(17)16-5-3-10(4-6-16)13-7-11-8-18-15-14-11/h8-10,13H,3-7H2,1-2H3. The van der Waals surface area contributed by atoms with Crippen molar-refractivity contribution in [1.29, 1.82) is 0 Å². The first kappa shape index (κ1) is 13.4. The third kappa shape index (κ3) is 3.49. The second-order valence-electron chi connectivity index (χ2n) is 5.03. The summed E-state index contributed by atoms with van der Waals surface area (Å²) in [5, 5.41) is 9.45. The molecule has 100 valence electrons. The van der Waals surface area contributed by atoms with E-state index in [0.29, 0.717) is 6.04 Å². The highest BCUT2D eigenvalue weighted by Gasteiger charge is 2.23. The van der Waals surface area contributed by atoms with Crippen LogP contribution in [0.2, 0.25) is 0 Å². The minimum atomic E-state index is 0.107. The molecule has 0 unspecified atom stereocenters. The Kier molecular flexibility index (Phi) is 4.66. The van der Waals surface area contributed by atoms with Gasteiger partial charge in [-0.15, -0.1) is 5.10 Å². The lowest BCUT2D eigenvalue weighted by Gasteiger charge is -2.33. The van der Waals surface area contributed by atoms with Gasteiger partial charge < -0.3 is 10.2 Å². The van der Waals surface area contributed by atoms with Gasteiger partial charge in [-0.2, -0.15) is 0 Å². The van der Waals surface area contributed by atoms with Crippen LogP contribution in [0.1, 0.15) is 32.4 Å². The minimum absolute atomic E-state index is 0.107. The summed E-state index contributed by atoms with van der Waals surface area (Å²) in [6.45, 7) is 6.43. The van der Waals surface area contributed by atoms with Crippen molar-refractivity contribution in [3.8, 4) is 0 Å². The van der Waals surface area contributed by atoms with Crippen LogP contribution in [0.25, 0.3) is 0 Å². The lowest BCUT2D eigenvalue weighted by molar-refractivity contribution is -0.135. The van der Waals surface area contributed by atoms with Gasteiger partial charge >= 0.3 is 0 Å². The molecule has 0 aliphatic carbocycles. The average Bonchev–Trinajstić information content (AvgIpc) is 2.89. The van der Waals surface area contributed by atoms with Gasteiger partial charge in [0, 0.05) is 37.0 Å². The number of hydrogen-bond acceptors (Lipinski definition) is 5. The van der Waals surface area contributed by atoms with E-state index in [9.17, 15) is 4.79 Å². The van der Waals surface area contributed by atoms with Gasteiger partial charge in [-0.25, -0.2) is 0 Å². The maximum absolute atomic E-state index is 11.8. The van der Waals surface area contributed by atoms with Crippen LogP contribution in [0.3, 0.4) is 0 Å². The van der Waals surface area contributed by atoms with Crippen LogP contribution < -0.4 is 5.32 Å². The fourth-order valence-electron chi connectivity index (χ4n) is 2.18. The fourth-order valence-corrected chi connectivity index (χ4v) is 2.63. The molecule has 0 atom stereocenters. The molecule has 0 aromatic carbocycles. The molecule has 2 rings (SSSR count). The molecule has 1 aromatic heterocycles. The maximum Gasteiger partial charge on any atom is 0.225 e. The zero-order valence-electron chi connectivity index (χ0n) is 10.9. The van der Waals surface area contributed by atoms with E-state index in [0.717, 1.165) is 38.2 Å². The first-order chi connectivity index (χ1) is 8.66. The van der Waals surface area contributed by atoms with Crippen molar-refractivity contribution < 1.29 is 4.79 Å². The Morgan fingerprint density at radius 1 is 1.56 bits per heavy atom. The number of amides is 1. The molecule has 6 heteroatoms. The number of hydrogen-bond donors (Lipinski definition) is 1. The molecule has 1 N–H and O–H groups in total. The Morgan fingerprint density at radius 3 is 2.83 bits per heavy atom. The van der Waals surface area contributed by atoms with Crippen molar-refractivity contribution in [2.75, 3.05) is 13.1 Å². The van der Waals surface area contributed by atoms with E-state index in [1.54, 1.807) is 0 Å². The smallest absolute Gasteiger partial charge is 0.225 e. The first-order valence-corrected chi connectivity index (χ1v) is 7.28. The lowest BCUT2D eigenvalue weighted by Crippen LogP contribution is -2.46. The van der Waals surface area contributed by atoms with E-state index in [4.69, 9.17) is 0 Å². The van der Waals surface area contributed by atoms with Crippen LogP contribution in [-0.2, 0) is 11.3 Å². The van der Waals surface area contributed by atoms with Crippen molar-refractivity contribution in [3.63, 3.8) is 0 Å². The summed E-state index contributed by atoms with van der Waals surface area (Å²) in [6.07, 6.45) is 2.05. The quantitative estimate of drug-likeness (QED) is 0.893. The summed E-state index contributed by atoms with van der Waals surface area (Å²) < 4.78 is 3.84. The molecule has 0 saturated carbocycles. The zero-order valence-corrected chi connectivity index (χ0v) is 11.7. The monoisotopic (exact) mass is 268 g/mol. The van der Waals surface area contributed by atoms with Crippen molar-refractivity contribution in [1.82, 2.24) is 19.8 Å². The number of carbonyl (C=O) groups excluding carboxylic acids is 1. The van der Waals surface area contributed by atoms with E-state index >= 15 is 0 Å². The van der Waals surface area contributed by atoms with E-state index < -0.39 is 0 Å². The van der Waals surface area contributed by atoms with Gasteiger partial charge in [-0.3, -0.25) is 4.79 Å². The van der Waals surface area contributed by atoms with Crippen LogP contribution in [-0.4, -0.2) is 39.5 Å². The first-order valence-electron chi connectivity index (χ1n) is 6.45. The van der Waals surface area contributed by atoms with Gasteiger partial charge in [0.15, 0.2) is 0 Å². The molecule has 1 fully saturated rings. The highest BCUT2D eigenvalue weighted by Crippen LogP contribution is 2.13. The number of carbonyl (C=O) groups is 1. The molecule has 18 heavy (non-hydrogen) atoms. The van der Waals surface area contributed by atoms with Crippen molar-refractivity contribution in [2.24, 2.45) is 5.92 Å². The number of nitrogens with one attached hydrogen (secondary N) is 1. The van der Waals surface area contributed by atoms with Crippen LogP contribution in [0, 0.1) is 5.92 Å². The van der Waals surface area contributed by atoms with Gasteiger partial charge in [0.2, 0.25) is 5.91 Å². The van der Waals surface area contributed by atoms with Gasteiger partial charge in [0.05, 0.1) is 5.69 Å². The van der Waals surface area contributed by atoms with Gasteiger partial charge in [0.1, 0.15) is 0 Å². The number of piperidine rings is 1. The summed E-state index contributed by atoms with van der Waals surface area (Å²) in [5.41, 5.74) is 1.00. The normalized spacial score (nSPS) is 17.4. The summed E-state index contributed by atoms with van der Waals surface area (Å²) in [6, 6.07) is 0.489. The Bertz CT molecular complexity index is 371. The molecule has 0 bridgehead atoms. The zero-order chi connectivity index (χ0) is 13.0. The minimum Gasteiger partial charge on any atom is -0.342 e. The predicted octanol–water partition coefficient (Wildman–Crippen LogP) is 1.27. The molecular formula is C12H20N4OS. The largest absolute Gasteiger partial charge is 0.342 e. The topological polar surface area (TPSA) is 58.1 Å². The number of likely N-dealkylation sites (tertiary alicyclic amines) is 1. The number of aromatic nitrogens is 2. The van der Waals surface area contributed by atoms with Crippen LogP contribution in [0.4, 0.5) is 0 Å². The Morgan fingerprint density at radius 2 is 2.28 bits per heavy atom. The van der Waals surface area contributed by atoms with Crippen LogP contribution in [0.15, 0.2) is 5.38 Å². The van der Waals surface area contributed by atoms with Gasteiger partial charge in [0.25, 0.3) is 0 Å². The fraction of sp³-hybridized carbons (Fsp3) is 0.750. The van der Waals surface area contributed by atoms with E-state index in [2.05, 4.69) is 14.9 Å². The second kappa shape index (κ2) is 6.24. The molecule has 1 aromatic rings. The van der Waals surface area contributed by atoms with Crippen molar-refractivity contribution in [3.05, 3.63) is 11.1 Å². The van der Waals surface area contributed by atoms with E-state index in [1.165, 1.54) is 11.5 Å². The molecule has 1 saturated heterocycles. The Hall–Kier alpha value is -1.01. The molecule has 5 nitrogen and oxygen atoms in total. The van der Waals surface area contributed by atoms with Crippen molar-refractivity contribution >= 4 is 17.4 Å². The number of rotatable bonds is 4. The van der Waals surface area contributed by atoms with E-state index in [-0.39, 0.29) is 11.8 Å². The molecule has 2 heterocycles. The molecule has 1 aliphatic heterocycles. The van der Waals surface area contributed by atoms with Crippen LogP contribution in [0.5, 0.6) is 0 Å². The van der Waals surface area contributed by atoms with Gasteiger partial charge in [-0.1, -0.05) is 18.3 Å². The SMILES string of the molecule is CC(C)C(=O)N1CCC(NCc2csnn2)CC1. The highest BCUT2D eigenvalue weighted by molar-refractivity contribution is 7.03. The second-order valence-corrected chi connectivity index (χ2v) is 5.64. The molecule has 0 spiro atoms. The summed E-state index contributed by atoms with van der Waals surface area (Å²) >= 11 is 1.38. The van der Waals surface area contributed by atoms with Crippen LogP contribution >= 0.6 is 11.5 Å². The van der Waals surface area contributed by atoms with Gasteiger partial charge in [-0.05, 0) is 24.4 Å². The Balaban J connectivity index is 1.72. The average molecular weight is 268 g/mol. The molecule has 1 aliphatic rings. The summed E-state index contributed by atoms with van der Waals surface area (Å²) in [5.74, 6) is 0.382. The number of nitrogens with zero attached hydrogens (tertiary/aromatic N) is 3. The summed E-state index contributed by atoms with van der Waals surface area (Å²) in [4.78, 5) is 13.8. The molecular weight excluding hydrogens is 248 g/mol. The Labute approximate surface area is 112 Å². The van der Waals surface area contributed by atoms with E-state index in [1.807, 2.05) is 24.1 Å². The third-order valence-corrected chi connectivity index (χ3v) is 3.83. The van der Waals surface area contributed by atoms with Crippen molar-refractivity contribution in [2.45, 2.75) is 39.3 Å². The highest BCUT2D eigenvalue weighted by atomic mass is 32.1. The summed E-state index contributed by atoms with van der Waals surface area (Å²) in [7, 11) is 0. The predicted molar refractivity (Wildman–Crippen MR) is 71.2 cm³/mol.